The third-order valence-corrected chi connectivity index (χ3v) is 4.80. The highest BCUT2D eigenvalue weighted by molar-refractivity contribution is 5.98. The van der Waals surface area contributed by atoms with E-state index < -0.39 is 11.9 Å². The zero-order valence-electron chi connectivity index (χ0n) is 17.4. The second-order valence-electron chi connectivity index (χ2n) is 8.26. The van der Waals surface area contributed by atoms with E-state index in [0.29, 0.717) is 24.7 Å². The average Bonchev–Trinajstić information content (AvgIpc) is 2.53. The number of hydrogen-bond acceptors (Lipinski definition) is 2. The molecule has 0 aromatic heterocycles. The molecule has 0 atom stereocenters. The summed E-state index contributed by atoms with van der Waals surface area (Å²) in [5.41, 5.74) is 0.229. The van der Waals surface area contributed by atoms with Gasteiger partial charge in [0.15, 0.2) is 0 Å². The van der Waals surface area contributed by atoms with Gasteiger partial charge < -0.3 is 10.2 Å². The number of rotatable bonds is 16. The third kappa shape index (κ3) is 13.0. The first kappa shape index (κ1) is 24.7. The lowest BCUT2D eigenvalue weighted by Crippen LogP contribution is -2.12. The van der Waals surface area contributed by atoms with Gasteiger partial charge in [0.25, 0.3) is 0 Å². The highest BCUT2D eigenvalue weighted by Crippen LogP contribution is 2.21. The fourth-order valence-electron chi connectivity index (χ4n) is 3.19. The van der Waals surface area contributed by atoms with Gasteiger partial charge in [0.1, 0.15) is 0 Å². The lowest BCUT2D eigenvalue weighted by Gasteiger charge is -2.10. The van der Waals surface area contributed by atoms with Crippen molar-refractivity contribution >= 4 is 11.9 Å². The molecule has 0 amide bonds. The number of carboxylic acids is 2. The minimum atomic E-state index is -1.07. The van der Waals surface area contributed by atoms with Gasteiger partial charge in [0.05, 0.1) is 0 Å². The molecule has 152 valence electrons. The Labute approximate surface area is 160 Å². The van der Waals surface area contributed by atoms with E-state index in [1.165, 1.54) is 12.8 Å². The molecule has 0 rings (SSSR count). The van der Waals surface area contributed by atoms with Crippen LogP contribution in [0.2, 0.25) is 0 Å². The van der Waals surface area contributed by atoms with Crippen LogP contribution in [-0.4, -0.2) is 22.2 Å². The van der Waals surface area contributed by atoms with Gasteiger partial charge in [-0.15, -0.1) is 0 Å². The Kier molecular flexibility index (Phi) is 14.1. The Morgan fingerprint density at radius 2 is 0.885 bits per heavy atom. The van der Waals surface area contributed by atoms with E-state index >= 15 is 0 Å². The van der Waals surface area contributed by atoms with Crippen LogP contribution in [-0.2, 0) is 9.59 Å². The van der Waals surface area contributed by atoms with Gasteiger partial charge in [0.2, 0.25) is 0 Å². The fourth-order valence-corrected chi connectivity index (χ4v) is 3.19. The molecule has 0 aliphatic rings. The molecule has 0 saturated carbocycles. The Bertz CT molecular complexity index is 395. The van der Waals surface area contributed by atoms with Crippen LogP contribution in [0.4, 0.5) is 0 Å². The van der Waals surface area contributed by atoms with Gasteiger partial charge >= 0.3 is 11.9 Å². The first-order chi connectivity index (χ1) is 12.3. The quantitative estimate of drug-likeness (QED) is 0.243. The summed E-state index contributed by atoms with van der Waals surface area (Å²) in [7, 11) is 0. The summed E-state index contributed by atoms with van der Waals surface area (Å²) in [5, 5.41) is 18.9. The fraction of sp³-hybridized carbons (Fsp3) is 0.818. The van der Waals surface area contributed by atoms with Crippen molar-refractivity contribution in [2.45, 2.75) is 105 Å². The number of hydrogen-bond donors (Lipinski definition) is 2. The van der Waals surface area contributed by atoms with Gasteiger partial charge in [-0.05, 0) is 37.5 Å². The first-order valence-electron chi connectivity index (χ1n) is 10.4. The second kappa shape index (κ2) is 14.8. The summed E-state index contributed by atoms with van der Waals surface area (Å²) in [4.78, 5) is 23.1. The van der Waals surface area contributed by atoms with E-state index in [2.05, 4.69) is 27.7 Å². The Hall–Kier alpha value is -1.32. The van der Waals surface area contributed by atoms with Crippen molar-refractivity contribution in [1.29, 1.82) is 0 Å². The van der Waals surface area contributed by atoms with E-state index in [-0.39, 0.29) is 11.1 Å². The number of aliphatic carboxylic acids is 2. The Morgan fingerprint density at radius 1 is 0.577 bits per heavy atom. The van der Waals surface area contributed by atoms with Gasteiger partial charge in [-0.1, -0.05) is 79.1 Å². The second-order valence-corrected chi connectivity index (χ2v) is 8.26. The minimum absolute atomic E-state index is 0.114. The molecule has 4 nitrogen and oxygen atoms in total. The van der Waals surface area contributed by atoms with E-state index in [1.807, 2.05) is 0 Å². The maximum Gasteiger partial charge on any atom is 0.332 e. The average molecular weight is 369 g/mol. The molecule has 4 heteroatoms. The van der Waals surface area contributed by atoms with Gasteiger partial charge in [-0.25, -0.2) is 9.59 Å². The summed E-state index contributed by atoms with van der Waals surface area (Å²) in [6.45, 7) is 8.81. The van der Waals surface area contributed by atoms with Crippen LogP contribution in [0.25, 0.3) is 0 Å². The summed E-state index contributed by atoms with van der Waals surface area (Å²) >= 11 is 0. The van der Waals surface area contributed by atoms with Crippen LogP contribution in [0, 0.1) is 11.8 Å². The molecule has 0 saturated heterocycles. The third-order valence-electron chi connectivity index (χ3n) is 4.80. The van der Waals surface area contributed by atoms with Crippen molar-refractivity contribution in [3.05, 3.63) is 11.1 Å². The molecule has 0 aliphatic carbocycles. The van der Waals surface area contributed by atoms with Crippen molar-refractivity contribution in [2.24, 2.45) is 11.8 Å². The summed E-state index contributed by atoms with van der Waals surface area (Å²) in [6, 6.07) is 0. The molecule has 0 spiro atoms. The lowest BCUT2D eigenvalue weighted by atomic mass is 9.95. The number of carboxylic acid groups (broad SMARTS) is 2. The van der Waals surface area contributed by atoms with Crippen molar-refractivity contribution < 1.29 is 19.8 Å². The summed E-state index contributed by atoms with van der Waals surface area (Å²) < 4.78 is 0. The first-order valence-corrected chi connectivity index (χ1v) is 10.4. The van der Waals surface area contributed by atoms with Crippen LogP contribution < -0.4 is 0 Å². The predicted molar refractivity (Wildman–Crippen MR) is 107 cm³/mol. The van der Waals surface area contributed by atoms with E-state index in [0.717, 1.165) is 51.4 Å². The van der Waals surface area contributed by atoms with Crippen LogP contribution >= 0.6 is 0 Å². The monoisotopic (exact) mass is 368 g/mol. The summed E-state index contributed by atoms with van der Waals surface area (Å²) in [5.74, 6) is -0.735. The van der Waals surface area contributed by atoms with Crippen LogP contribution in [0.3, 0.4) is 0 Å². The molecular weight excluding hydrogens is 328 g/mol. The minimum Gasteiger partial charge on any atom is -0.478 e. The van der Waals surface area contributed by atoms with E-state index in [4.69, 9.17) is 0 Å². The zero-order chi connectivity index (χ0) is 19.9. The van der Waals surface area contributed by atoms with Crippen molar-refractivity contribution in [3.8, 4) is 0 Å². The largest absolute Gasteiger partial charge is 0.478 e. The molecule has 2 N–H and O–H groups in total. The standard InChI is InChI=1S/C22H40O4/c1-17(2)13-9-5-7-11-15-19(21(23)24)20(22(25)26)16-12-8-6-10-14-18(3)4/h17-18H,5-16H2,1-4H3,(H,23,24)(H,25,26)/b20-19-. The molecule has 0 fully saturated rings. The van der Waals surface area contributed by atoms with Gasteiger partial charge in [-0.2, -0.15) is 0 Å². The van der Waals surface area contributed by atoms with Gasteiger partial charge in [-0.3, -0.25) is 0 Å². The Morgan fingerprint density at radius 3 is 1.15 bits per heavy atom. The Balaban J connectivity index is 4.43. The van der Waals surface area contributed by atoms with Gasteiger partial charge in [0, 0.05) is 11.1 Å². The van der Waals surface area contributed by atoms with Crippen LogP contribution in [0.5, 0.6) is 0 Å². The van der Waals surface area contributed by atoms with Crippen molar-refractivity contribution in [2.75, 3.05) is 0 Å². The smallest absolute Gasteiger partial charge is 0.332 e. The predicted octanol–water partition coefficient (Wildman–Crippen LogP) is 6.45. The van der Waals surface area contributed by atoms with Crippen molar-refractivity contribution in [1.82, 2.24) is 0 Å². The molecule has 0 heterocycles. The maximum atomic E-state index is 11.5. The normalized spacial score (nSPS) is 12.5. The molecule has 0 aliphatic heterocycles. The number of carbonyl (C=O) groups is 2. The van der Waals surface area contributed by atoms with Crippen molar-refractivity contribution in [3.63, 3.8) is 0 Å². The van der Waals surface area contributed by atoms with Crippen LogP contribution in [0.15, 0.2) is 11.1 Å². The maximum absolute atomic E-state index is 11.5. The molecule has 0 aromatic rings. The number of unbranched alkanes of at least 4 members (excludes halogenated alkanes) is 6. The summed E-state index contributed by atoms with van der Waals surface area (Å²) in [6.07, 6.45) is 11.0. The molecule has 0 unspecified atom stereocenters. The highest BCUT2D eigenvalue weighted by atomic mass is 16.4. The molecule has 0 aromatic carbocycles. The molecule has 0 radical (unpaired) electrons. The lowest BCUT2D eigenvalue weighted by molar-refractivity contribution is -0.136. The van der Waals surface area contributed by atoms with Crippen LogP contribution in [0.1, 0.15) is 105 Å². The van der Waals surface area contributed by atoms with E-state index in [9.17, 15) is 19.8 Å². The highest BCUT2D eigenvalue weighted by Gasteiger charge is 2.19. The molecule has 26 heavy (non-hydrogen) atoms. The SMILES string of the molecule is CC(C)CCCCCC/C(C(=O)O)=C(\CCCCCCC(C)C)C(=O)O. The topological polar surface area (TPSA) is 74.6 Å². The molecular formula is C22H40O4. The zero-order valence-corrected chi connectivity index (χ0v) is 17.4. The van der Waals surface area contributed by atoms with E-state index in [1.54, 1.807) is 0 Å². The molecule has 0 bridgehead atoms.